The highest BCUT2D eigenvalue weighted by Gasteiger charge is 2.20. The molecule has 0 aliphatic rings. The maximum absolute atomic E-state index is 13.4. The molecule has 0 fully saturated rings. The van der Waals surface area contributed by atoms with Crippen LogP contribution in [0.5, 0.6) is 11.5 Å². The van der Waals surface area contributed by atoms with Crippen LogP contribution in [0.25, 0.3) is 10.8 Å². The fourth-order valence-corrected chi connectivity index (χ4v) is 4.83. The third-order valence-corrected chi connectivity index (χ3v) is 7.08. The number of fused-ring (bicyclic) bond motifs is 1. The molecule has 9 heteroatoms. The lowest BCUT2D eigenvalue weighted by Crippen LogP contribution is -2.22. The fraction of sp³-hybridized carbons (Fsp3) is 0.172. The molecule has 3 N–H and O–H groups in total. The highest BCUT2D eigenvalue weighted by molar-refractivity contribution is 8.17. The Bertz CT molecular complexity index is 1510. The Balaban J connectivity index is 1.58. The first kappa shape index (κ1) is 26.8. The van der Waals surface area contributed by atoms with Gasteiger partial charge >= 0.3 is 0 Å². The Morgan fingerprint density at radius 3 is 2.58 bits per heavy atom. The minimum absolute atomic E-state index is 0.132. The number of aliphatic hydroxyl groups excluding tert-OH is 1. The van der Waals surface area contributed by atoms with Gasteiger partial charge in [-0.15, -0.1) is 0 Å². The number of ether oxygens (including phenoxy) is 1. The molecule has 0 saturated carbocycles. The number of para-hydroxylation sites is 1. The molecule has 0 atom stereocenters. The van der Waals surface area contributed by atoms with Crippen molar-refractivity contribution in [2.45, 2.75) is 26.8 Å². The Morgan fingerprint density at radius 2 is 1.84 bits per heavy atom. The van der Waals surface area contributed by atoms with Crippen molar-refractivity contribution in [3.05, 3.63) is 100 Å². The number of nitrogen functional groups attached to an aromatic ring is 1. The first-order chi connectivity index (χ1) is 18.4. The predicted molar refractivity (Wildman–Crippen MR) is 150 cm³/mol. The van der Waals surface area contributed by atoms with Gasteiger partial charge in [-0.25, -0.2) is 9.97 Å². The van der Waals surface area contributed by atoms with E-state index in [0.717, 1.165) is 22.5 Å². The van der Waals surface area contributed by atoms with E-state index in [1.807, 2.05) is 42.5 Å². The SMILES string of the molecule is C/C(=C(\CCO)SC(=O)c1ccccc1Oc1ccc2ccccc2c1)N(C=O)Cc1cnc(C)nc1N. The van der Waals surface area contributed by atoms with E-state index in [1.54, 1.807) is 44.3 Å². The number of rotatable bonds is 10. The largest absolute Gasteiger partial charge is 0.457 e. The average Bonchev–Trinajstić information content (AvgIpc) is 2.92. The smallest absolute Gasteiger partial charge is 0.227 e. The molecule has 1 heterocycles. The summed E-state index contributed by atoms with van der Waals surface area (Å²) in [5.41, 5.74) is 7.49. The van der Waals surface area contributed by atoms with Gasteiger partial charge in [-0.3, -0.25) is 9.59 Å². The normalized spacial score (nSPS) is 11.7. The van der Waals surface area contributed by atoms with E-state index in [-0.39, 0.29) is 30.5 Å². The molecule has 0 aliphatic carbocycles. The van der Waals surface area contributed by atoms with E-state index in [2.05, 4.69) is 9.97 Å². The molecule has 1 aromatic heterocycles. The van der Waals surface area contributed by atoms with Crippen LogP contribution in [-0.4, -0.2) is 38.1 Å². The van der Waals surface area contributed by atoms with Crippen LogP contribution in [0.3, 0.4) is 0 Å². The quantitative estimate of drug-likeness (QED) is 0.261. The highest BCUT2D eigenvalue weighted by Crippen LogP contribution is 2.34. The lowest BCUT2D eigenvalue weighted by atomic mass is 10.1. The van der Waals surface area contributed by atoms with Crippen LogP contribution in [0.4, 0.5) is 5.82 Å². The molecule has 4 rings (SSSR count). The molecule has 0 spiro atoms. The van der Waals surface area contributed by atoms with Crippen molar-refractivity contribution >= 4 is 39.9 Å². The minimum atomic E-state index is -0.270. The molecule has 1 amide bonds. The van der Waals surface area contributed by atoms with Gasteiger partial charge in [0.15, 0.2) is 0 Å². The summed E-state index contributed by atoms with van der Waals surface area (Å²) in [6, 6.07) is 20.7. The third kappa shape index (κ3) is 6.37. The zero-order valence-corrected chi connectivity index (χ0v) is 21.9. The number of aliphatic hydroxyl groups is 1. The van der Waals surface area contributed by atoms with Crippen molar-refractivity contribution in [1.82, 2.24) is 14.9 Å². The average molecular weight is 529 g/mol. The number of amides is 1. The van der Waals surface area contributed by atoms with Crippen LogP contribution < -0.4 is 10.5 Å². The molecular weight excluding hydrogens is 500 g/mol. The first-order valence-corrected chi connectivity index (χ1v) is 12.8. The fourth-order valence-electron chi connectivity index (χ4n) is 3.87. The number of hydrogen-bond donors (Lipinski definition) is 2. The summed E-state index contributed by atoms with van der Waals surface area (Å²) in [7, 11) is 0. The Hall–Kier alpha value is -4.21. The van der Waals surface area contributed by atoms with E-state index < -0.39 is 0 Å². The van der Waals surface area contributed by atoms with E-state index in [1.165, 1.54) is 4.90 Å². The Kier molecular flexibility index (Phi) is 8.73. The number of carbonyl (C=O) groups is 2. The van der Waals surface area contributed by atoms with Crippen LogP contribution in [-0.2, 0) is 11.3 Å². The van der Waals surface area contributed by atoms with E-state index >= 15 is 0 Å². The van der Waals surface area contributed by atoms with Crippen LogP contribution in [0.15, 0.2) is 83.5 Å². The molecule has 0 unspecified atom stereocenters. The number of benzene rings is 3. The van der Waals surface area contributed by atoms with Gasteiger partial charge in [-0.1, -0.05) is 42.5 Å². The van der Waals surface area contributed by atoms with Gasteiger partial charge < -0.3 is 20.5 Å². The standard InChI is InChI=1S/C29H28N4O4S/c1-19(33(18-35)17-23-16-31-20(2)32-28(23)30)27(13-14-34)38-29(36)25-9-5-6-10-26(25)37-24-12-11-21-7-3-4-8-22(21)15-24/h3-12,15-16,18,34H,13-14,17H2,1-2H3,(H2,30,31,32)/b27-19-. The van der Waals surface area contributed by atoms with Crippen LogP contribution in [0, 0.1) is 6.92 Å². The summed E-state index contributed by atoms with van der Waals surface area (Å²) < 4.78 is 6.12. The molecule has 0 saturated heterocycles. The molecule has 3 aromatic carbocycles. The van der Waals surface area contributed by atoms with Gasteiger partial charge in [0.25, 0.3) is 0 Å². The van der Waals surface area contributed by atoms with E-state index in [4.69, 9.17) is 10.5 Å². The topological polar surface area (TPSA) is 119 Å². The second-order valence-electron chi connectivity index (χ2n) is 8.54. The molecule has 8 nitrogen and oxygen atoms in total. The zero-order valence-electron chi connectivity index (χ0n) is 21.1. The molecule has 0 radical (unpaired) electrons. The second-order valence-corrected chi connectivity index (χ2v) is 9.61. The monoisotopic (exact) mass is 528 g/mol. The second kappa shape index (κ2) is 12.4. The zero-order chi connectivity index (χ0) is 27.1. The summed E-state index contributed by atoms with van der Waals surface area (Å²) in [6.07, 6.45) is 2.43. The lowest BCUT2D eigenvalue weighted by molar-refractivity contribution is -0.116. The van der Waals surface area contributed by atoms with Crippen LogP contribution in [0.2, 0.25) is 0 Å². The molecule has 0 aliphatic heterocycles. The van der Waals surface area contributed by atoms with Crippen molar-refractivity contribution in [1.29, 1.82) is 0 Å². The number of allylic oxidation sites excluding steroid dienone is 1. The van der Waals surface area contributed by atoms with Crippen LogP contribution in [0.1, 0.15) is 35.1 Å². The predicted octanol–water partition coefficient (Wildman–Crippen LogP) is 5.46. The first-order valence-electron chi connectivity index (χ1n) is 12.0. The van der Waals surface area contributed by atoms with Gasteiger partial charge in [-0.2, -0.15) is 0 Å². The summed E-state index contributed by atoms with van der Waals surface area (Å²) in [5, 5.41) is 11.5. The number of anilines is 1. The molecule has 0 bridgehead atoms. The summed E-state index contributed by atoms with van der Waals surface area (Å²) in [5.74, 6) is 1.84. The number of aromatic nitrogens is 2. The summed E-state index contributed by atoms with van der Waals surface area (Å²) in [6.45, 7) is 3.39. The lowest BCUT2D eigenvalue weighted by Gasteiger charge is -2.22. The molecule has 4 aromatic rings. The van der Waals surface area contributed by atoms with E-state index in [9.17, 15) is 14.7 Å². The molecule has 38 heavy (non-hydrogen) atoms. The van der Waals surface area contributed by atoms with Crippen molar-refractivity contribution in [3.8, 4) is 11.5 Å². The van der Waals surface area contributed by atoms with Crippen molar-refractivity contribution in [2.75, 3.05) is 12.3 Å². The number of thioether (sulfide) groups is 1. The van der Waals surface area contributed by atoms with Gasteiger partial charge in [0, 0.05) is 35.4 Å². The van der Waals surface area contributed by atoms with Crippen molar-refractivity contribution in [2.24, 2.45) is 0 Å². The molecular formula is C29H28N4O4S. The Morgan fingerprint density at radius 1 is 1.11 bits per heavy atom. The number of aryl methyl sites for hydroxylation is 1. The maximum Gasteiger partial charge on any atom is 0.227 e. The van der Waals surface area contributed by atoms with E-state index in [0.29, 0.717) is 45.5 Å². The third-order valence-electron chi connectivity index (χ3n) is 5.93. The minimum Gasteiger partial charge on any atom is -0.457 e. The highest BCUT2D eigenvalue weighted by atomic mass is 32.2. The number of nitrogens with zero attached hydrogens (tertiary/aromatic N) is 3. The summed E-state index contributed by atoms with van der Waals surface area (Å²) in [4.78, 5) is 35.7. The van der Waals surface area contributed by atoms with Crippen molar-refractivity contribution < 1.29 is 19.4 Å². The Labute approximate surface area is 225 Å². The number of carbonyl (C=O) groups excluding carboxylic acids is 2. The number of hydrogen-bond acceptors (Lipinski definition) is 8. The number of nitrogens with two attached hydrogens (primary N) is 1. The van der Waals surface area contributed by atoms with Gasteiger partial charge in [0.05, 0.1) is 12.1 Å². The van der Waals surface area contributed by atoms with Crippen LogP contribution >= 0.6 is 11.8 Å². The maximum atomic E-state index is 13.4. The molecule has 194 valence electrons. The summed E-state index contributed by atoms with van der Waals surface area (Å²) >= 11 is 0.956. The van der Waals surface area contributed by atoms with Gasteiger partial charge in [0.2, 0.25) is 11.5 Å². The van der Waals surface area contributed by atoms with Gasteiger partial charge in [0.1, 0.15) is 23.1 Å². The van der Waals surface area contributed by atoms with Crippen molar-refractivity contribution in [3.63, 3.8) is 0 Å². The van der Waals surface area contributed by atoms with Gasteiger partial charge in [-0.05, 0) is 60.6 Å².